The van der Waals surface area contributed by atoms with Gasteiger partial charge in [-0.2, -0.15) is 0 Å². The number of aryl methyl sites for hydroxylation is 1. The van der Waals surface area contributed by atoms with Gasteiger partial charge in [0.1, 0.15) is 11.5 Å². The van der Waals surface area contributed by atoms with Crippen molar-refractivity contribution in [2.24, 2.45) is 11.8 Å². The highest BCUT2D eigenvalue weighted by molar-refractivity contribution is 7.18. The highest BCUT2D eigenvalue weighted by Crippen LogP contribution is 2.40. The van der Waals surface area contributed by atoms with Gasteiger partial charge in [0.25, 0.3) is 5.56 Å². The van der Waals surface area contributed by atoms with Crippen LogP contribution in [0.5, 0.6) is 0 Å². The van der Waals surface area contributed by atoms with Gasteiger partial charge in [-0.3, -0.25) is 9.59 Å². The number of esters is 1. The molecule has 0 aromatic carbocycles. The number of rotatable bonds is 5. The van der Waals surface area contributed by atoms with Crippen LogP contribution in [0, 0.1) is 11.8 Å². The van der Waals surface area contributed by atoms with Crippen molar-refractivity contribution in [2.45, 2.75) is 65.8 Å². The van der Waals surface area contributed by atoms with Gasteiger partial charge in [-0.25, -0.2) is 9.48 Å². The fourth-order valence-corrected chi connectivity index (χ4v) is 7.69. The first-order valence-electron chi connectivity index (χ1n) is 11.8. The first-order chi connectivity index (χ1) is 16.4. The molecule has 3 aromatic rings. The largest absolute Gasteiger partial charge is 0.462 e. The van der Waals surface area contributed by atoms with E-state index in [0.29, 0.717) is 32.6 Å². The van der Waals surface area contributed by atoms with Crippen molar-refractivity contribution in [2.75, 3.05) is 11.9 Å². The number of thiophene rings is 2. The lowest BCUT2D eigenvalue weighted by atomic mass is 9.88. The number of amides is 1. The highest BCUT2D eigenvalue weighted by atomic mass is 32.1. The maximum absolute atomic E-state index is 13.2. The molecule has 0 bridgehead atoms. The molecule has 180 valence electrons. The van der Waals surface area contributed by atoms with E-state index in [-0.39, 0.29) is 18.7 Å². The van der Waals surface area contributed by atoms with Crippen molar-refractivity contribution in [3.8, 4) is 0 Å². The lowest BCUT2D eigenvalue weighted by molar-refractivity contribution is -0.117. The summed E-state index contributed by atoms with van der Waals surface area (Å²) in [5.41, 5.74) is 2.22. The molecule has 3 aromatic heterocycles. The molecule has 2 atom stereocenters. The minimum absolute atomic E-state index is 0.260. The molecule has 10 heteroatoms. The van der Waals surface area contributed by atoms with Crippen molar-refractivity contribution in [3.63, 3.8) is 0 Å². The molecule has 0 saturated carbocycles. The topological polar surface area (TPSA) is 103 Å². The SMILES string of the molecule is CCOC(=O)c1c(NC(=O)Cn2nnc3sc4c(c3c2=O)CC[C@@H](C)C4)sc2c1CC[C@H](C)C2. The van der Waals surface area contributed by atoms with Gasteiger partial charge in [0, 0.05) is 9.75 Å². The summed E-state index contributed by atoms with van der Waals surface area (Å²) in [6.07, 6.45) is 5.52. The number of hydrogen-bond acceptors (Lipinski definition) is 8. The number of fused-ring (bicyclic) bond motifs is 4. The number of carbonyl (C=O) groups is 2. The number of anilines is 1. The molecule has 0 spiro atoms. The molecule has 2 aliphatic rings. The highest BCUT2D eigenvalue weighted by Gasteiger charge is 2.29. The summed E-state index contributed by atoms with van der Waals surface area (Å²) in [7, 11) is 0. The summed E-state index contributed by atoms with van der Waals surface area (Å²) in [5, 5.41) is 12.2. The molecule has 8 nitrogen and oxygen atoms in total. The zero-order chi connectivity index (χ0) is 24.0. The van der Waals surface area contributed by atoms with Crippen molar-refractivity contribution >= 4 is 49.8 Å². The summed E-state index contributed by atoms with van der Waals surface area (Å²) in [6, 6.07) is 0. The molecule has 2 aliphatic carbocycles. The zero-order valence-corrected chi connectivity index (χ0v) is 21.2. The number of nitrogens with one attached hydrogen (secondary N) is 1. The van der Waals surface area contributed by atoms with Gasteiger partial charge in [0.05, 0.1) is 17.6 Å². The number of hydrogen-bond donors (Lipinski definition) is 1. The van der Waals surface area contributed by atoms with E-state index < -0.39 is 11.9 Å². The fraction of sp³-hybridized carbons (Fsp3) is 0.542. The van der Waals surface area contributed by atoms with E-state index in [1.807, 2.05) is 0 Å². The maximum Gasteiger partial charge on any atom is 0.341 e. The molecule has 0 unspecified atom stereocenters. The second kappa shape index (κ2) is 9.22. The lowest BCUT2D eigenvalue weighted by Crippen LogP contribution is -2.31. The van der Waals surface area contributed by atoms with Crippen LogP contribution in [0.2, 0.25) is 0 Å². The Balaban J connectivity index is 1.42. The van der Waals surface area contributed by atoms with Gasteiger partial charge in [-0.1, -0.05) is 19.1 Å². The van der Waals surface area contributed by atoms with E-state index in [0.717, 1.165) is 59.2 Å². The molecule has 1 amide bonds. The van der Waals surface area contributed by atoms with E-state index in [4.69, 9.17) is 4.74 Å². The summed E-state index contributed by atoms with van der Waals surface area (Å²) in [5.74, 6) is 0.299. The second-order valence-electron chi connectivity index (χ2n) is 9.41. The zero-order valence-electron chi connectivity index (χ0n) is 19.6. The average molecular weight is 501 g/mol. The van der Waals surface area contributed by atoms with Gasteiger partial charge in [-0.05, 0) is 68.4 Å². The van der Waals surface area contributed by atoms with Gasteiger partial charge >= 0.3 is 5.97 Å². The molecule has 0 fully saturated rings. The third kappa shape index (κ3) is 4.17. The van der Waals surface area contributed by atoms with Crippen LogP contribution in [-0.2, 0) is 41.8 Å². The van der Waals surface area contributed by atoms with Crippen molar-refractivity contribution in [1.82, 2.24) is 15.0 Å². The van der Waals surface area contributed by atoms with E-state index in [1.165, 1.54) is 27.6 Å². The quantitative estimate of drug-likeness (QED) is 0.532. The number of aromatic nitrogens is 3. The Hall–Kier alpha value is -2.59. The molecule has 0 saturated heterocycles. The molecule has 1 N–H and O–H groups in total. The summed E-state index contributed by atoms with van der Waals surface area (Å²) >= 11 is 2.97. The van der Waals surface area contributed by atoms with Crippen molar-refractivity contribution in [3.05, 3.63) is 36.8 Å². The Bertz CT molecular complexity index is 1340. The lowest BCUT2D eigenvalue weighted by Gasteiger charge is -2.18. The fourth-order valence-electron chi connectivity index (χ4n) is 4.96. The predicted molar refractivity (Wildman–Crippen MR) is 133 cm³/mol. The first-order valence-corrected chi connectivity index (χ1v) is 13.5. The Labute approximate surface area is 205 Å². The van der Waals surface area contributed by atoms with Crippen LogP contribution in [0.1, 0.15) is 64.9 Å². The first kappa shape index (κ1) is 23.2. The number of ether oxygens (including phenoxy) is 1. The van der Waals surface area contributed by atoms with Crippen LogP contribution < -0.4 is 10.9 Å². The third-order valence-electron chi connectivity index (χ3n) is 6.72. The Morgan fingerprint density at radius 1 is 1.09 bits per heavy atom. The van der Waals surface area contributed by atoms with Crippen LogP contribution in [-0.4, -0.2) is 33.5 Å². The van der Waals surface area contributed by atoms with Crippen LogP contribution in [0.25, 0.3) is 10.2 Å². The van der Waals surface area contributed by atoms with Crippen LogP contribution in [0.4, 0.5) is 5.00 Å². The van der Waals surface area contributed by atoms with E-state index in [2.05, 4.69) is 29.5 Å². The molecule has 5 rings (SSSR count). The summed E-state index contributed by atoms with van der Waals surface area (Å²) in [6.45, 7) is 6.18. The monoisotopic (exact) mass is 500 g/mol. The summed E-state index contributed by atoms with van der Waals surface area (Å²) < 4.78 is 6.41. The number of carbonyl (C=O) groups excluding carboxylic acids is 2. The van der Waals surface area contributed by atoms with E-state index >= 15 is 0 Å². The van der Waals surface area contributed by atoms with Gasteiger partial charge in [0.2, 0.25) is 5.91 Å². The normalized spacial score (nSPS) is 19.5. The molecule has 34 heavy (non-hydrogen) atoms. The third-order valence-corrected chi connectivity index (χ3v) is 9.03. The van der Waals surface area contributed by atoms with E-state index in [9.17, 15) is 14.4 Å². The molecular formula is C24H28N4O4S2. The smallest absolute Gasteiger partial charge is 0.341 e. The van der Waals surface area contributed by atoms with Gasteiger partial charge < -0.3 is 10.1 Å². The minimum atomic E-state index is -0.414. The Morgan fingerprint density at radius 2 is 1.76 bits per heavy atom. The van der Waals surface area contributed by atoms with E-state index in [1.54, 1.807) is 6.92 Å². The van der Waals surface area contributed by atoms with Gasteiger partial charge in [0.15, 0.2) is 4.83 Å². The molecular weight excluding hydrogens is 472 g/mol. The van der Waals surface area contributed by atoms with Crippen LogP contribution in [0.15, 0.2) is 4.79 Å². The predicted octanol–water partition coefficient (Wildman–Crippen LogP) is 3.98. The van der Waals surface area contributed by atoms with Crippen LogP contribution in [0.3, 0.4) is 0 Å². The Kier molecular flexibility index (Phi) is 6.28. The van der Waals surface area contributed by atoms with Crippen molar-refractivity contribution in [1.29, 1.82) is 0 Å². The minimum Gasteiger partial charge on any atom is -0.462 e. The molecule has 0 radical (unpaired) electrons. The number of nitrogens with zero attached hydrogens (tertiary/aromatic N) is 3. The Morgan fingerprint density at radius 3 is 2.47 bits per heavy atom. The molecule has 3 heterocycles. The summed E-state index contributed by atoms with van der Waals surface area (Å²) in [4.78, 5) is 41.8. The van der Waals surface area contributed by atoms with Crippen molar-refractivity contribution < 1.29 is 14.3 Å². The molecule has 0 aliphatic heterocycles. The van der Waals surface area contributed by atoms with Gasteiger partial charge in [-0.15, -0.1) is 27.8 Å². The van der Waals surface area contributed by atoms with Crippen LogP contribution >= 0.6 is 22.7 Å². The average Bonchev–Trinajstić information content (AvgIpc) is 3.32. The standard InChI is InChI=1S/C24H28N4O4S2/c1-4-32-24(31)20-15-8-6-13(3)10-17(15)33-21(20)25-18(29)11-28-23(30)19-14-7-5-12(2)9-16(14)34-22(19)26-27-28/h12-13H,4-11H2,1-3H3,(H,25,29)/t12-,13+/m1/s1. The maximum atomic E-state index is 13.2. The second-order valence-corrected chi connectivity index (χ2v) is 11.6.